The molecular weight excluding hydrogens is 309 g/mol. The number of carboxylic acid groups (broad SMARTS) is 1. The van der Waals surface area contributed by atoms with Crippen molar-refractivity contribution in [2.24, 2.45) is 0 Å². The van der Waals surface area contributed by atoms with Gasteiger partial charge in [-0.15, -0.1) is 11.3 Å². The molecule has 0 saturated carbocycles. The maximum Gasteiger partial charge on any atom is 0.471 e. The van der Waals surface area contributed by atoms with Gasteiger partial charge in [0, 0.05) is 19.0 Å². The van der Waals surface area contributed by atoms with E-state index in [1.165, 1.54) is 0 Å². The topological polar surface area (TPSA) is 70.5 Å². The summed E-state index contributed by atoms with van der Waals surface area (Å²) in [4.78, 5) is 27.2. The van der Waals surface area contributed by atoms with Crippen LogP contribution in [0.1, 0.15) is 39.1 Å². The van der Waals surface area contributed by atoms with Gasteiger partial charge in [0.2, 0.25) is 0 Å². The van der Waals surface area contributed by atoms with Crippen LogP contribution in [0.3, 0.4) is 0 Å². The third-order valence-electron chi connectivity index (χ3n) is 3.31. The first-order chi connectivity index (χ1) is 9.70. The third kappa shape index (κ3) is 3.34. The lowest BCUT2D eigenvalue weighted by Gasteiger charge is -2.32. The molecule has 0 aromatic carbocycles. The Morgan fingerprint density at radius 1 is 1.43 bits per heavy atom. The van der Waals surface area contributed by atoms with Crippen molar-refractivity contribution in [3.05, 3.63) is 15.6 Å². The normalized spacial score (nSPS) is 19.6. The number of carbonyl (C=O) groups is 2. The number of carbonyl (C=O) groups excluding carboxylic acids is 1. The van der Waals surface area contributed by atoms with Crippen LogP contribution in [-0.2, 0) is 4.79 Å². The van der Waals surface area contributed by atoms with E-state index < -0.39 is 18.1 Å². The van der Waals surface area contributed by atoms with Crippen LogP contribution in [0.4, 0.5) is 13.2 Å². The third-order valence-corrected chi connectivity index (χ3v) is 4.62. The summed E-state index contributed by atoms with van der Waals surface area (Å²) in [5, 5.41) is 9.46. The number of nitrogens with zero attached hydrogens (tertiary/aromatic N) is 2. The summed E-state index contributed by atoms with van der Waals surface area (Å²) >= 11 is 0.966. The van der Waals surface area contributed by atoms with E-state index in [9.17, 15) is 22.8 Å². The summed E-state index contributed by atoms with van der Waals surface area (Å²) in [5.74, 6) is -3.30. The summed E-state index contributed by atoms with van der Waals surface area (Å²) in [5.41, 5.74) is 0.349. The highest BCUT2D eigenvalue weighted by atomic mass is 32.1. The van der Waals surface area contributed by atoms with E-state index in [1.807, 2.05) is 0 Å². The Hall–Kier alpha value is -1.64. The Morgan fingerprint density at radius 3 is 2.62 bits per heavy atom. The van der Waals surface area contributed by atoms with Crippen molar-refractivity contribution in [3.8, 4) is 0 Å². The van der Waals surface area contributed by atoms with Gasteiger partial charge in [-0.25, -0.2) is 9.78 Å². The van der Waals surface area contributed by atoms with Crippen molar-refractivity contribution in [2.45, 2.75) is 31.9 Å². The zero-order valence-electron chi connectivity index (χ0n) is 11.1. The van der Waals surface area contributed by atoms with Crippen molar-refractivity contribution in [3.63, 3.8) is 0 Å². The van der Waals surface area contributed by atoms with Crippen LogP contribution in [-0.4, -0.2) is 46.1 Å². The molecule has 5 nitrogen and oxygen atoms in total. The zero-order chi connectivity index (χ0) is 15.8. The minimum absolute atomic E-state index is 0.0605. The molecule has 1 N–H and O–H groups in total. The minimum Gasteiger partial charge on any atom is -0.477 e. The fourth-order valence-electron chi connectivity index (χ4n) is 2.33. The number of amides is 1. The quantitative estimate of drug-likeness (QED) is 0.908. The first kappa shape index (κ1) is 15.7. The molecule has 0 aliphatic carbocycles. The van der Waals surface area contributed by atoms with Gasteiger partial charge >= 0.3 is 18.1 Å². The van der Waals surface area contributed by atoms with Gasteiger partial charge in [-0.2, -0.15) is 13.2 Å². The zero-order valence-corrected chi connectivity index (χ0v) is 11.9. The fraction of sp³-hybridized carbons (Fsp3) is 0.583. The molecule has 1 amide bonds. The Morgan fingerprint density at radius 2 is 2.10 bits per heavy atom. The molecule has 1 unspecified atom stereocenters. The molecule has 0 bridgehead atoms. The number of carboxylic acids is 1. The van der Waals surface area contributed by atoms with E-state index in [0.717, 1.165) is 16.2 Å². The van der Waals surface area contributed by atoms with Crippen LogP contribution in [0.15, 0.2) is 0 Å². The number of rotatable bonds is 2. The van der Waals surface area contributed by atoms with Crippen LogP contribution in [0.25, 0.3) is 0 Å². The molecular formula is C12H13F3N2O3S. The molecule has 9 heteroatoms. The summed E-state index contributed by atoms with van der Waals surface area (Å²) in [6.45, 7) is 1.53. The summed E-state index contributed by atoms with van der Waals surface area (Å²) in [6, 6.07) is 0. The van der Waals surface area contributed by atoms with Gasteiger partial charge in [0.15, 0.2) is 0 Å². The smallest absolute Gasteiger partial charge is 0.471 e. The number of likely N-dealkylation sites (tertiary alicyclic amines) is 1. The number of aryl methyl sites for hydroxylation is 1. The molecule has 1 aromatic rings. The number of piperidine rings is 1. The number of hydrogen-bond donors (Lipinski definition) is 1. The van der Waals surface area contributed by atoms with E-state index >= 15 is 0 Å². The molecule has 0 radical (unpaired) electrons. The van der Waals surface area contributed by atoms with Crippen LogP contribution < -0.4 is 0 Å². The molecule has 1 aliphatic rings. The van der Waals surface area contributed by atoms with E-state index in [1.54, 1.807) is 6.92 Å². The van der Waals surface area contributed by atoms with E-state index in [2.05, 4.69) is 4.98 Å². The van der Waals surface area contributed by atoms with E-state index in [-0.39, 0.29) is 23.9 Å². The SMILES string of the molecule is Cc1nc(C2CCCN(C(=O)C(F)(F)F)C2)sc1C(=O)O. The van der Waals surface area contributed by atoms with Crippen LogP contribution in [0.5, 0.6) is 0 Å². The van der Waals surface area contributed by atoms with Crippen LogP contribution >= 0.6 is 11.3 Å². The molecule has 21 heavy (non-hydrogen) atoms. The van der Waals surface area contributed by atoms with Crippen molar-refractivity contribution in [1.82, 2.24) is 9.88 Å². The molecule has 1 fully saturated rings. The lowest BCUT2D eigenvalue weighted by Crippen LogP contribution is -2.45. The van der Waals surface area contributed by atoms with Gasteiger partial charge in [-0.3, -0.25) is 4.79 Å². The van der Waals surface area contributed by atoms with E-state index in [4.69, 9.17) is 5.11 Å². The Balaban J connectivity index is 2.16. The standard InChI is InChI=1S/C12H13F3N2O3S/c1-6-8(10(18)19)21-9(16-6)7-3-2-4-17(5-7)11(20)12(13,14)15/h7H,2-5H2,1H3,(H,18,19). The summed E-state index contributed by atoms with van der Waals surface area (Å²) in [7, 11) is 0. The van der Waals surface area contributed by atoms with Crippen molar-refractivity contribution >= 4 is 23.2 Å². The molecule has 1 aromatic heterocycles. The average Bonchev–Trinajstić information content (AvgIpc) is 2.79. The maximum absolute atomic E-state index is 12.5. The first-order valence-corrected chi connectivity index (χ1v) is 7.08. The molecule has 1 saturated heterocycles. The lowest BCUT2D eigenvalue weighted by atomic mass is 9.98. The lowest BCUT2D eigenvalue weighted by molar-refractivity contribution is -0.186. The Labute approximate surface area is 122 Å². The number of aromatic carboxylic acids is 1. The summed E-state index contributed by atoms with van der Waals surface area (Å²) in [6.07, 6.45) is -3.85. The van der Waals surface area contributed by atoms with Gasteiger partial charge in [-0.05, 0) is 19.8 Å². The average molecular weight is 322 g/mol. The van der Waals surface area contributed by atoms with Gasteiger partial charge in [0.1, 0.15) is 4.88 Å². The van der Waals surface area contributed by atoms with Crippen molar-refractivity contribution < 1.29 is 27.9 Å². The monoisotopic (exact) mass is 322 g/mol. The van der Waals surface area contributed by atoms with Crippen LogP contribution in [0, 0.1) is 6.92 Å². The summed E-state index contributed by atoms with van der Waals surface area (Å²) < 4.78 is 37.4. The Kier molecular flexibility index (Phi) is 4.22. The van der Waals surface area contributed by atoms with Crippen molar-refractivity contribution in [1.29, 1.82) is 0 Å². The predicted octanol–water partition coefficient (Wildman–Crippen LogP) is 2.42. The van der Waals surface area contributed by atoms with Gasteiger partial charge in [-0.1, -0.05) is 0 Å². The molecule has 0 spiro atoms. The second-order valence-corrected chi connectivity index (χ2v) is 5.89. The van der Waals surface area contributed by atoms with Gasteiger partial charge < -0.3 is 10.0 Å². The predicted molar refractivity (Wildman–Crippen MR) is 68.4 cm³/mol. The highest BCUT2D eigenvalue weighted by Gasteiger charge is 2.44. The number of hydrogen-bond acceptors (Lipinski definition) is 4. The highest BCUT2D eigenvalue weighted by Crippen LogP contribution is 2.33. The molecule has 1 aliphatic heterocycles. The number of aromatic nitrogens is 1. The number of alkyl halides is 3. The Bertz CT molecular complexity index is 571. The number of halogens is 3. The van der Waals surface area contributed by atoms with Crippen molar-refractivity contribution in [2.75, 3.05) is 13.1 Å². The molecule has 1 atom stereocenters. The highest BCUT2D eigenvalue weighted by molar-refractivity contribution is 7.13. The van der Waals surface area contributed by atoms with E-state index in [0.29, 0.717) is 23.5 Å². The fourth-order valence-corrected chi connectivity index (χ4v) is 3.36. The largest absolute Gasteiger partial charge is 0.477 e. The van der Waals surface area contributed by atoms with Crippen LogP contribution in [0.2, 0.25) is 0 Å². The maximum atomic E-state index is 12.5. The second-order valence-electron chi connectivity index (χ2n) is 4.86. The molecule has 116 valence electrons. The van der Waals surface area contributed by atoms with Gasteiger partial charge in [0.25, 0.3) is 0 Å². The number of thiazole rings is 1. The molecule has 2 heterocycles. The first-order valence-electron chi connectivity index (χ1n) is 6.27. The second kappa shape index (κ2) is 5.63. The minimum atomic E-state index is -4.88. The van der Waals surface area contributed by atoms with Gasteiger partial charge in [0.05, 0.1) is 10.7 Å². The molecule has 2 rings (SSSR count).